The van der Waals surface area contributed by atoms with Crippen LogP contribution in [-0.4, -0.2) is 18.4 Å². The van der Waals surface area contributed by atoms with Crippen LogP contribution in [0.4, 0.5) is 5.69 Å². The minimum atomic E-state index is -0.175. The Morgan fingerprint density at radius 2 is 1.96 bits per heavy atom. The van der Waals surface area contributed by atoms with Gasteiger partial charge in [-0.05, 0) is 54.4 Å². The van der Waals surface area contributed by atoms with Crippen molar-refractivity contribution in [3.8, 4) is 5.75 Å². The molecule has 1 N–H and O–H groups in total. The molecule has 0 unspecified atom stereocenters. The molecule has 1 aliphatic rings. The Kier molecular flexibility index (Phi) is 4.85. The SMILES string of the molecule is Cc1ccc2c(c1)N(Cc1ccc(C(=O)NCc3ccco3)cc1)C(=O)CO2. The molecule has 0 spiro atoms. The van der Waals surface area contributed by atoms with E-state index in [1.54, 1.807) is 29.4 Å². The molecule has 2 heterocycles. The van der Waals surface area contributed by atoms with Crippen LogP contribution < -0.4 is 15.0 Å². The summed E-state index contributed by atoms with van der Waals surface area (Å²) in [5.74, 6) is 1.15. The molecule has 0 saturated heterocycles. The number of carbonyl (C=O) groups excluding carboxylic acids is 2. The summed E-state index contributed by atoms with van der Waals surface area (Å²) in [5, 5.41) is 2.81. The molecule has 1 aliphatic heterocycles. The fourth-order valence-corrected chi connectivity index (χ4v) is 3.11. The molecule has 2 amide bonds. The van der Waals surface area contributed by atoms with Gasteiger partial charge < -0.3 is 19.4 Å². The van der Waals surface area contributed by atoms with Crippen molar-refractivity contribution in [2.24, 2.45) is 0 Å². The number of benzene rings is 2. The molecule has 142 valence electrons. The van der Waals surface area contributed by atoms with Gasteiger partial charge in [0.25, 0.3) is 11.8 Å². The minimum absolute atomic E-state index is 0.0311. The molecule has 1 aromatic heterocycles. The van der Waals surface area contributed by atoms with E-state index < -0.39 is 0 Å². The first-order valence-corrected chi connectivity index (χ1v) is 9.03. The minimum Gasteiger partial charge on any atom is -0.482 e. The van der Waals surface area contributed by atoms with E-state index in [9.17, 15) is 9.59 Å². The standard InChI is InChI=1S/C22H20N2O4/c1-15-4-9-20-19(11-15)24(21(25)14-28-20)13-16-5-7-17(8-6-16)22(26)23-12-18-3-2-10-27-18/h2-11H,12-14H2,1H3,(H,23,26). The third kappa shape index (κ3) is 3.76. The highest BCUT2D eigenvalue weighted by molar-refractivity contribution is 5.98. The first kappa shape index (κ1) is 17.9. The summed E-state index contributed by atoms with van der Waals surface area (Å²) in [6.07, 6.45) is 1.57. The van der Waals surface area contributed by atoms with Crippen LogP contribution in [0, 0.1) is 6.92 Å². The molecule has 28 heavy (non-hydrogen) atoms. The van der Waals surface area contributed by atoms with Crippen LogP contribution >= 0.6 is 0 Å². The lowest BCUT2D eigenvalue weighted by molar-refractivity contribution is -0.121. The van der Waals surface area contributed by atoms with Crippen LogP contribution in [0.3, 0.4) is 0 Å². The third-order valence-corrected chi connectivity index (χ3v) is 4.62. The number of amides is 2. The van der Waals surface area contributed by atoms with Gasteiger partial charge in [0.15, 0.2) is 6.61 Å². The maximum atomic E-state index is 12.4. The lowest BCUT2D eigenvalue weighted by atomic mass is 10.1. The molecule has 4 rings (SSSR count). The van der Waals surface area contributed by atoms with Crippen molar-refractivity contribution in [1.29, 1.82) is 0 Å². The van der Waals surface area contributed by atoms with E-state index in [2.05, 4.69) is 5.32 Å². The maximum Gasteiger partial charge on any atom is 0.265 e. The zero-order chi connectivity index (χ0) is 19.5. The predicted molar refractivity (Wildman–Crippen MR) is 104 cm³/mol. The van der Waals surface area contributed by atoms with Crippen LogP contribution in [-0.2, 0) is 17.9 Å². The highest BCUT2D eigenvalue weighted by atomic mass is 16.5. The Labute approximate surface area is 162 Å². The smallest absolute Gasteiger partial charge is 0.265 e. The van der Waals surface area contributed by atoms with Crippen molar-refractivity contribution < 1.29 is 18.7 Å². The number of hydrogen-bond acceptors (Lipinski definition) is 4. The zero-order valence-electron chi connectivity index (χ0n) is 15.5. The summed E-state index contributed by atoms with van der Waals surface area (Å²) in [5.41, 5.74) is 3.33. The second-order valence-electron chi connectivity index (χ2n) is 6.70. The molecule has 3 aromatic rings. The van der Waals surface area contributed by atoms with Gasteiger partial charge in [-0.1, -0.05) is 18.2 Å². The number of fused-ring (bicyclic) bond motifs is 1. The second-order valence-corrected chi connectivity index (χ2v) is 6.70. The molecule has 6 nitrogen and oxygen atoms in total. The molecule has 0 aliphatic carbocycles. The van der Waals surface area contributed by atoms with Crippen molar-refractivity contribution in [3.05, 3.63) is 83.3 Å². The van der Waals surface area contributed by atoms with Crippen molar-refractivity contribution in [1.82, 2.24) is 5.32 Å². The normalized spacial score (nSPS) is 13.0. The first-order chi connectivity index (χ1) is 13.6. The van der Waals surface area contributed by atoms with Crippen LogP contribution in [0.25, 0.3) is 0 Å². The third-order valence-electron chi connectivity index (χ3n) is 4.62. The van der Waals surface area contributed by atoms with Gasteiger partial charge in [0.2, 0.25) is 0 Å². The van der Waals surface area contributed by atoms with E-state index in [4.69, 9.17) is 9.15 Å². The summed E-state index contributed by atoms with van der Waals surface area (Å²) in [6.45, 7) is 2.77. The van der Waals surface area contributed by atoms with Crippen LogP contribution in [0.2, 0.25) is 0 Å². The average molecular weight is 376 g/mol. The van der Waals surface area contributed by atoms with E-state index >= 15 is 0 Å². The molecular formula is C22H20N2O4. The van der Waals surface area contributed by atoms with Gasteiger partial charge >= 0.3 is 0 Å². The fourth-order valence-electron chi connectivity index (χ4n) is 3.11. The molecule has 0 bridgehead atoms. The molecule has 6 heteroatoms. The number of hydrogen-bond donors (Lipinski definition) is 1. The molecular weight excluding hydrogens is 356 g/mol. The van der Waals surface area contributed by atoms with E-state index in [0.29, 0.717) is 30.2 Å². The summed E-state index contributed by atoms with van der Waals surface area (Å²) in [6, 6.07) is 16.6. The van der Waals surface area contributed by atoms with E-state index in [1.807, 2.05) is 43.3 Å². The number of furan rings is 1. The van der Waals surface area contributed by atoms with Gasteiger partial charge in [0.05, 0.1) is 25.0 Å². The van der Waals surface area contributed by atoms with Gasteiger partial charge in [-0.3, -0.25) is 9.59 Å². The largest absolute Gasteiger partial charge is 0.482 e. The van der Waals surface area contributed by atoms with Crippen LogP contribution in [0.1, 0.15) is 27.2 Å². The molecule has 2 aromatic carbocycles. The fraction of sp³-hybridized carbons (Fsp3) is 0.182. The highest BCUT2D eigenvalue weighted by Gasteiger charge is 2.25. The first-order valence-electron chi connectivity index (χ1n) is 9.03. The van der Waals surface area contributed by atoms with Gasteiger partial charge in [-0.15, -0.1) is 0 Å². The number of ether oxygens (including phenoxy) is 1. The number of carbonyl (C=O) groups is 2. The van der Waals surface area contributed by atoms with Gasteiger partial charge in [0, 0.05) is 5.56 Å². The number of nitrogens with zero attached hydrogens (tertiary/aromatic N) is 1. The number of nitrogens with one attached hydrogen (secondary N) is 1. The second kappa shape index (κ2) is 7.60. The summed E-state index contributed by atoms with van der Waals surface area (Å²) < 4.78 is 10.7. The van der Waals surface area contributed by atoms with Crippen molar-refractivity contribution >= 4 is 17.5 Å². The quantitative estimate of drug-likeness (QED) is 0.740. The van der Waals surface area contributed by atoms with Gasteiger partial charge in [-0.25, -0.2) is 0 Å². The molecule has 0 saturated carbocycles. The molecule has 0 radical (unpaired) electrons. The Balaban J connectivity index is 1.45. The molecule has 0 fully saturated rings. The Bertz CT molecular complexity index is 994. The topological polar surface area (TPSA) is 71.8 Å². The Morgan fingerprint density at radius 1 is 1.14 bits per heavy atom. The van der Waals surface area contributed by atoms with E-state index in [-0.39, 0.29) is 18.4 Å². The maximum absolute atomic E-state index is 12.4. The Hall–Kier alpha value is -3.54. The summed E-state index contributed by atoms with van der Waals surface area (Å²) >= 11 is 0. The number of aryl methyl sites for hydroxylation is 1. The number of rotatable bonds is 5. The van der Waals surface area contributed by atoms with Crippen molar-refractivity contribution in [3.63, 3.8) is 0 Å². The monoisotopic (exact) mass is 376 g/mol. The zero-order valence-corrected chi connectivity index (χ0v) is 15.5. The summed E-state index contributed by atoms with van der Waals surface area (Å²) in [7, 11) is 0. The predicted octanol–water partition coefficient (Wildman–Crippen LogP) is 3.44. The molecule has 0 atom stereocenters. The summed E-state index contributed by atoms with van der Waals surface area (Å²) in [4.78, 5) is 26.4. The average Bonchev–Trinajstić information content (AvgIpc) is 3.22. The van der Waals surface area contributed by atoms with Crippen molar-refractivity contribution in [2.75, 3.05) is 11.5 Å². The van der Waals surface area contributed by atoms with Crippen LogP contribution in [0.15, 0.2) is 65.3 Å². The highest BCUT2D eigenvalue weighted by Crippen LogP contribution is 2.33. The lowest BCUT2D eigenvalue weighted by Crippen LogP contribution is -2.38. The van der Waals surface area contributed by atoms with Gasteiger partial charge in [-0.2, -0.15) is 0 Å². The van der Waals surface area contributed by atoms with E-state index in [0.717, 1.165) is 16.8 Å². The number of anilines is 1. The van der Waals surface area contributed by atoms with Gasteiger partial charge in [0.1, 0.15) is 11.5 Å². The van der Waals surface area contributed by atoms with E-state index in [1.165, 1.54) is 0 Å². The van der Waals surface area contributed by atoms with Crippen LogP contribution in [0.5, 0.6) is 5.75 Å². The Morgan fingerprint density at radius 3 is 2.71 bits per heavy atom. The van der Waals surface area contributed by atoms with Crippen molar-refractivity contribution in [2.45, 2.75) is 20.0 Å². The lowest BCUT2D eigenvalue weighted by Gasteiger charge is -2.29.